The van der Waals surface area contributed by atoms with Crippen molar-refractivity contribution < 1.29 is 13.2 Å². The molecule has 0 spiro atoms. The Labute approximate surface area is 101 Å². The Hall–Kier alpha value is -1.40. The van der Waals surface area contributed by atoms with Crippen molar-refractivity contribution in [1.29, 1.82) is 0 Å². The Bertz CT molecular complexity index is 494. The van der Waals surface area contributed by atoms with Gasteiger partial charge in [0, 0.05) is 19.2 Å². The molecule has 17 heavy (non-hydrogen) atoms. The van der Waals surface area contributed by atoms with Gasteiger partial charge in [0.05, 0.1) is 10.1 Å². The summed E-state index contributed by atoms with van der Waals surface area (Å²) < 4.78 is 23.9. The average molecular weight is 256 g/mol. The predicted octanol–water partition coefficient (Wildman–Crippen LogP) is 0.766. The van der Waals surface area contributed by atoms with Crippen molar-refractivity contribution in [2.24, 2.45) is 5.73 Å². The van der Waals surface area contributed by atoms with E-state index in [1.54, 1.807) is 19.1 Å². The fraction of sp³-hybridized carbons (Fsp3) is 0.364. The minimum Gasteiger partial charge on any atom is -0.329 e. The lowest BCUT2D eigenvalue weighted by atomic mass is 10.3. The van der Waals surface area contributed by atoms with Gasteiger partial charge < -0.3 is 11.1 Å². The Morgan fingerprint density at radius 3 is 2.29 bits per heavy atom. The van der Waals surface area contributed by atoms with Crippen LogP contribution in [0.25, 0.3) is 0 Å². The first-order valence-corrected chi connectivity index (χ1v) is 6.74. The summed E-state index contributed by atoms with van der Waals surface area (Å²) in [5.74, 6) is -0.198. The van der Waals surface area contributed by atoms with Crippen LogP contribution in [0.4, 0.5) is 5.69 Å². The Morgan fingerprint density at radius 2 is 1.88 bits per heavy atom. The van der Waals surface area contributed by atoms with Gasteiger partial charge in [0.2, 0.25) is 5.91 Å². The summed E-state index contributed by atoms with van der Waals surface area (Å²) in [6.07, 6.45) is 0. The zero-order valence-corrected chi connectivity index (χ0v) is 10.6. The molecule has 0 aliphatic heterocycles. The first-order valence-electron chi connectivity index (χ1n) is 5.19. The van der Waals surface area contributed by atoms with Crippen LogP contribution in [0.5, 0.6) is 0 Å². The van der Waals surface area contributed by atoms with Crippen LogP contribution in [0, 0.1) is 0 Å². The molecule has 0 aliphatic rings. The van der Waals surface area contributed by atoms with Crippen LogP contribution < -0.4 is 11.1 Å². The molecule has 0 aliphatic carbocycles. The lowest BCUT2D eigenvalue weighted by molar-refractivity contribution is -0.114. The molecular weight excluding hydrogens is 240 g/mol. The maximum Gasteiger partial charge on any atom is 0.221 e. The normalized spacial score (nSPS) is 13.1. The van der Waals surface area contributed by atoms with E-state index in [4.69, 9.17) is 5.73 Å². The van der Waals surface area contributed by atoms with Crippen LogP contribution in [-0.4, -0.2) is 26.1 Å². The lowest BCUT2D eigenvalue weighted by Gasteiger charge is -2.11. The number of sulfone groups is 1. The van der Waals surface area contributed by atoms with Crippen LogP contribution in [0.15, 0.2) is 29.2 Å². The number of nitrogens with two attached hydrogens (primary N) is 1. The van der Waals surface area contributed by atoms with E-state index in [0.717, 1.165) is 0 Å². The van der Waals surface area contributed by atoms with E-state index in [1.165, 1.54) is 19.1 Å². The summed E-state index contributed by atoms with van der Waals surface area (Å²) in [5.41, 5.74) is 5.92. The number of amides is 1. The maximum absolute atomic E-state index is 11.9. The van der Waals surface area contributed by atoms with Gasteiger partial charge >= 0.3 is 0 Å². The van der Waals surface area contributed by atoms with E-state index >= 15 is 0 Å². The van der Waals surface area contributed by atoms with Crippen molar-refractivity contribution in [2.75, 3.05) is 11.9 Å². The molecule has 0 saturated heterocycles. The van der Waals surface area contributed by atoms with Gasteiger partial charge in [-0.2, -0.15) is 0 Å². The maximum atomic E-state index is 11.9. The van der Waals surface area contributed by atoms with E-state index in [-0.39, 0.29) is 17.3 Å². The molecule has 1 aromatic rings. The molecule has 0 bridgehead atoms. The van der Waals surface area contributed by atoms with E-state index in [9.17, 15) is 13.2 Å². The summed E-state index contributed by atoms with van der Waals surface area (Å²) >= 11 is 0. The van der Waals surface area contributed by atoms with Gasteiger partial charge in [-0.15, -0.1) is 0 Å². The molecule has 1 amide bonds. The van der Waals surface area contributed by atoms with Crippen molar-refractivity contribution in [2.45, 2.75) is 24.0 Å². The second-order valence-electron chi connectivity index (χ2n) is 3.80. The van der Waals surface area contributed by atoms with Gasteiger partial charge in [-0.3, -0.25) is 4.79 Å². The van der Waals surface area contributed by atoms with Gasteiger partial charge in [-0.05, 0) is 31.2 Å². The fourth-order valence-corrected chi connectivity index (χ4v) is 2.52. The molecule has 1 unspecified atom stereocenters. The van der Waals surface area contributed by atoms with E-state index < -0.39 is 15.1 Å². The highest BCUT2D eigenvalue weighted by atomic mass is 32.2. The average Bonchev–Trinajstić information content (AvgIpc) is 2.27. The molecule has 0 fully saturated rings. The topological polar surface area (TPSA) is 89.3 Å². The molecule has 0 radical (unpaired) electrons. The summed E-state index contributed by atoms with van der Waals surface area (Å²) in [6, 6.07) is 6.04. The van der Waals surface area contributed by atoms with Gasteiger partial charge in [0.25, 0.3) is 0 Å². The second-order valence-corrected chi connectivity index (χ2v) is 6.16. The second kappa shape index (κ2) is 5.29. The summed E-state index contributed by atoms with van der Waals surface area (Å²) in [6.45, 7) is 3.04. The molecule has 94 valence electrons. The minimum atomic E-state index is -3.37. The van der Waals surface area contributed by atoms with E-state index in [1.807, 2.05) is 0 Å². The zero-order valence-electron chi connectivity index (χ0n) is 9.80. The predicted molar refractivity (Wildman–Crippen MR) is 66.4 cm³/mol. The molecule has 6 heteroatoms. The van der Waals surface area contributed by atoms with Gasteiger partial charge in [0.15, 0.2) is 9.84 Å². The van der Waals surface area contributed by atoms with Crippen LogP contribution in [0.1, 0.15) is 13.8 Å². The van der Waals surface area contributed by atoms with Crippen LogP contribution in [0.3, 0.4) is 0 Å². The highest BCUT2D eigenvalue weighted by molar-refractivity contribution is 7.92. The third-order valence-corrected chi connectivity index (χ3v) is 4.55. The Kier molecular flexibility index (Phi) is 4.25. The Balaban J connectivity index is 2.99. The first kappa shape index (κ1) is 13.7. The standard InChI is InChI=1S/C11H16N2O3S/c1-8(7-12)17(15,16)11-5-3-10(4-6-11)13-9(2)14/h3-6,8H,7,12H2,1-2H3,(H,13,14). The van der Waals surface area contributed by atoms with Crippen LogP contribution in [0.2, 0.25) is 0 Å². The number of hydrogen-bond acceptors (Lipinski definition) is 4. The van der Waals surface area contributed by atoms with Crippen molar-refractivity contribution in [1.82, 2.24) is 0 Å². The Morgan fingerprint density at radius 1 is 1.35 bits per heavy atom. The summed E-state index contributed by atoms with van der Waals surface area (Å²) in [4.78, 5) is 11.0. The van der Waals surface area contributed by atoms with Gasteiger partial charge in [-0.1, -0.05) is 0 Å². The van der Waals surface area contributed by atoms with Gasteiger partial charge in [-0.25, -0.2) is 8.42 Å². The molecule has 1 aromatic carbocycles. The first-order chi connectivity index (χ1) is 7.87. The van der Waals surface area contributed by atoms with E-state index in [0.29, 0.717) is 5.69 Å². The highest BCUT2D eigenvalue weighted by Gasteiger charge is 2.21. The minimum absolute atomic E-state index is 0.0791. The number of carbonyl (C=O) groups is 1. The van der Waals surface area contributed by atoms with Gasteiger partial charge in [0.1, 0.15) is 0 Å². The van der Waals surface area contributed by atoms with Crippen LogP contribution >= 0.6 is 0 Å². The molecule has 0 saturated carbocycles. The fourth-order valence-electron chi connectivity index (χ4n) is 1.29. The third-order valence-electron chi connectivity index (χ3n) is 2.36. The molecule has 0 heterocycles. The monoisotopic (exact) mass is 256 g/mol. The number of anilines is 1. The lowest BCUT2D eigenvalue weighted by Crippen LogP contribution is -2.26. The molecule has 1 atom stereocenters. The molecule has 3 N–H and O–H groups in total. The highest BCUT2D eigenvalue weighted by Crippen LogP contribution is 2.18. The number of hydrogen-bond donors (Lipinski definition) is 2. The van der Waals surface area contributed by atoms with E-state index in [2.05, 4.69) is 5.32 Å². The third kappa shape index (κ3) is 3.28. The smallest absolute Gasteiger partial charge is 0.221 e. The van der Waals surface area contributed by atoms with Crippen molar-refractivity contribution >= 4 is 21.4 Å². The molecule has 1 rings (SSSR count). The summed E-state index contributed by atoms with van der Waals surface area (Å²) in [7, 11) is -3.37. The number of nitrogens with one attached hydrogen (secondary N) is 1. The number of benzene rings is 1. The van der Waals surface area contributed by atoms with Crippen molar-refractivity contribution in [3.8, 4) is 0 Å². The zero-order chi connectivity index (χ0) is 13.1. The van der Waals surface area contributed by atoms with Crippen molar-refractivity contribution in [3.63, 3.8) is 0 Å². The molecule has 0 aromatic heterocycles. The van der Waals surface area contributed by atoms with Crippen LogP contribution in [-0.2, 0) is 14.6 Å². The number of rotatable bonds is 4. The number of carbonyl (C=O) groups excluding carboxylic acids is 1. The summed E-state index contributed by atoms with van der Waals surface area (Å²) in [5, 5.41) is 1.95. The largest absolute Gasteiger partial charge is 0.329 e. The molecular formula is C11H16N2O3S. The molecule has 5 nitrogen and oxygen atoms in total. The SMILES string of the molecule is CC(=O)Nc1ccc(S(=O)(=O)C(C)CN)cc1. The quantitative estimate of drug-likeness (QED) is 0.832. The van der Waals surface area contributed by atoms with Crippen molar-refractivity contribution in [3.05, 3.63) is 24.3 Å².